The topological polar surface area (TPSA) is 89.3 Å². The zero-order valence-electron chi connectivity index (χ0n) is 14.1. The SMILES string of the molecule is CC1C(N)CCC(C(=O)NCC(C)(C)S(C)(=O)=O)C1(C)C. The fourth-order valence-corrected chi connectivity index (χ4v) is 3.21. The quantitative estimate of drug-likeness (QED) is 0.818. The van der Waals surface area contributed by atoms with E-state index in [4.69, 9.17) is 5.73 Å². The molecule has 3 atom stereocenters. The Morgan fingerprint density at radius 1 is 1.33 bits per heavy atom. The highest BCUT2D eigenvalue weighted by Crippen LogP contribution is 2.44. The number of hydrogen-bond donors (Lipinski definition) is 2. The molecule has 21 heavy (non-hydrogen) atoms. The van der Waals surface area contributed by atoms with E-state index in [1.54, 1.807) is 13.8 Å². The third kappa shape index (κ3) is 3.77. The zero-order valence-corrected chi connectivity index (χ0v) is 14.9. The van der Waals surface area contributed by atoms with E-state index in [-0.39, 0.29) is 35.7 Å². The highest BCUT2D eigenvalue weighted by molar-refractivity contribution is 7.92. The van der Waals surface area contributed by atoms with E-state index in [0.717, 1.165) is 12.8 Å². The van der Waals surface area contributed by atoms with E-state index in [1.165, 1.54) is 6.26 Å². The minimum absolute atomic E-state index is 0.0597. The largest absolute Gasteiger partial charge is 0.354 e. The molecule has 0 radical (unpaired) electrons. The first-order valence-electron chi connectivity index (χ1n) is 7.53. The van der Waals surface area contributed by atoms with Gasteiger partial charge in [-0.05, 0) is 38.0 Å². The smallest absolute Gasteiger partial charge is 0.223 e. The van der Waals surface area contributed by atoms with Crippen LogP contribution in [-0.4, -0.2) is 37.9 Å². The van der Waals surface area contributed by atoms with Crippen LogP contribution in [0.25, 0.3) is 0 Å². The van der Waals surface area contributed by atoms with Gasteiger partial charge in [-0.2, -0.15) is 0 Å². The molecule has 0 aromatic heterocycles. The molecule has 3 N–H and O–H groups in total. The van der Waals surface area contributed by atoms with E-state index in [1.807, 2.05) is 0 Å². The number of carbonyl (C=O) groups is 1. The van der Waals surface area contributed by atoms with Gasteiger partial charge in [-0.15, -0.1) is 0 Å². The molecule has 1 amide bonds. The van der Waals surface area contributed by atoms with Crippen LogP contribution in [0.1, 0.15) is 47.5 Å². The van der Waals surface area contributed by atoms with Crippen molar-refractivity contribution in [1.82, 2.24) is 5.32 Å². The highest BCUT2D eigenvalue weighted by atomic mass is 32.2. The molecule has 0 aliphatic heterocycles. The molecular formula is C15H30N2O3S. The molecule has 0 saturated heterocycles. The lowest BCUT2D eigenvalue weighted by Crippen LogP contribution is -2.53. The predicted molar refractivity (Wildman–Crippen MR) is 85.6 cm³/mol. The highest BCUT2D eigenvalue weighted by Gasteiger charge is 2.45. The normalized spacial score (nSPS) is 30.0. The summed E-state index contributed by atoms with van der Waals surface area (Å²) < 4.78 is 22.4. The maximum absolute atomic E-state index is 12.5. The predicted octanol–water partition coefficient (Wildman–Crippen LogP) is 1.33. The van der Waals surface area contributed by atoms with Gasteiger partial charge in [-0.25, -0.2) is 8.42 Å². The average Bonchev–Trinajstić information content (AvgIpc) is 2.32. The van der Waals surface area contributed by atoms with Crippen molar-refractivity contribution in [2.75, 3.05) is 12.8 Å². The van der Waals surface area contributed by atoms with E-state index in [0.29, 0.717) is 0 Å². The van der Waals surface area contributed by atoms with Gasteiger partial charge in [0.05, 0.1) is 4.75 Å². The minimum atomic E-state index is -3.21. The first-order valence-corrected chi connectivity index (χ1v) is 9.42. The molecule has 1 fully saturated rings. The molecule has 0 heterocycles. The molecule has 1 rings (SSSR count). The second-order valence-corrected chi connectivity index (χ2v) is 10.3. The van der Waals surface area contributed by atoms with Gasteiger partial charge in [-0.1, -0.05) is 20.8 Å². The molecular weight excluding hydrogens is 288 g/mol. The Labute approximate surface area is 129 Å². The Bertz CT molecular complexity index is 497. The van der Waals surface area contributed by atoms with Crippen LogP contribution in [0.5, 0.6) is 0 Å². The summed E-state index contributed by atoms with van der Waals surface area (Å²) in [5.41, 5.74) is 5.92. The molecule has 0 aromatic rings. The average molecular weight is 318 g/mol. The van der Waals surface area contributed by atoms with Gasteiger partial charge in [0.2, 0.25) is 5.91 Å². The maximum Gasteiger partial charge on any atom is 0.223 e. The van der Waals surface area contributed by atoms with Crippen LogP contribution in [-0.2, 0) is 14.6 Å². The van der Waals surface area contributed by atoms with Crippen molar-refractivity contribution in [3.63, 3.8) is 0 Å². The van der Waals surface area contributed by atoms with Crippen molar-refractivity contribution >= 4 is 15.7 Å². The molecule has 1 aliphatic rings. The van der Waals surface area contributed by atoms with Crippen LogP contribution >= 0.6 is 0 Å². The summed E-state index contributed by atoms with van der Waals surface area (Å²) >= 11 is 0. The number of amides is 1. The van der Waals surface area contributed by atoms with E-state index >= 15 is 0 Å². The number of rotatable bonds is 4. The van der Waals surface area contributed by atoms with Crippen molar-refractivity contribution < 1.29 is 13.2 Å². The summed E-state index contributed by atoms with van der Waals surface area (Å²) in [6, 6.07) is 0.122. The third-order valence-corrected chi connectivity index (χ3v) is 7.66. The lowest BCUT2D eigenvalue weighted by molar-refractivity contribution is -0.132. The Hall–Kier alpha value is -0.620. The number of sulfone groups is 1. The molecule has 1 saturated carbocycles. The van der Waals surface area contributed by atoms with Crippen LogP contribution in [0.4, 0.5) is 0 Å². The monoisotopic (exact) mass is 318 g/mol. The number of carbonyl (C=O) groups excluding carboxylic acids is 1. The van der Waals surface area contributed by atoms with Crippen molar-refractivity contribution in [1.29, 1.82) is 0 Å². The van der Waals surface area contributed by atoms with Gasteiger partial charge in [0.25, 0.3) is 0 Å². The zero-order chi connectivity index (χ0) is 16.6. The van der Waals surface area contributed by atoms with Crippen molar-refractivity contribution in [3.8, 4) is 0 Å². The van der Waals surface area contributed by atoms with Crippen molar-refractivity contribution in [2.45, 2.75) is 58.2 Å². The first-order chi connectivity index (χ1) is 9.30. The van der Waals surface area contributed by atoms with Crippen LogP contribution in [0, 0.1) is 17.3 Å². The maximum atomic E-state index is 12.5. The van der Waals surface area contributed by atoms with Crippen LogP contribution in [0.15, 0.2) is 0 Å². The van der Waals surface area contributed by atoms with E-state index in [9.17, 15) is 13.2 Å². The first kappa shape index (κ1) is 18.4. The molecule has 5 nitrogen and oxygen atoms in total. The van der Waals surface area contributed by atoms with Gasteiger partial charge in [0.1, 0.15) is 0 Å². The van der Waals surface area contributed by atoms with Crippen LogP contribution in [0.3, 0.4) is 0 Å². The summed E-state index contributed by atoms with van der Waals surface area (Å²) in [7, 11) is -3.21. The summed E-state index contributed by atoms with van der Waals surface area (Å²) in [5.74, 6) is 0.0723. The van der Waals surface area contributed by atoms with Gasteiger partial charge in [0, 0.05) is 24.8 Å². The lowest BCUT2D eigenvalue weighted by atomic mass is 9.61. The Morgan fingerprint density at radius 3 is 2.33 bits per heavy atom. The lowest BCUT2D eigenvalue weighted by Gasteiger charge is -2.46. The Balaban J connectivity index is 2.77. The van der Waals surface area contributed by atoms with Gasteiger partial charge < -0.3 is 11.1 Å². The van der Waals surface area contributed by atoms with Crippen molar-refractivity contribution in [2.24, 2.45) is 23.0 Å². The molecule has 0 bridgehead atoms. The summed E-state index contributed by atoms with van der Waals surface area (Å²) in [4.78, 5) is 12.5. The number of hydrogen-bond acceptors (Lipinski definition) is 4. The molecule has 0 spiro atoms. The van der Waals surface area contributed by atoms with E-state index < -0.39 is 14.6 Å². The number of nitrogens with two attached hydrogens (primary N) is 1. The fourth-order valence-electron chi connectivity index (χ4n) is 2.87. The summed E-state index contributed by atoms with van der Waals surface area (Å²) in [6.07, 6.45) is 2.78. The van der Waals surface area contributed by atoms with Crippen LogP contribution in [0.2, 0.25) is 0 Å². The summed E-state index contributed by atoms with van der Waals surface area (Å²) in [5, 5.41) is 2.83. The van der Waals surface area contributed by atoms with Crippen LogP contribution < -0.4 is 11.1 Å². The molecule has 124 valence electrons. The number of nitrogens with one attached hydrogen (secondary N) is 1. The third-order valence-electron chi connectivity index (χ3n) is 5.51. The standard InChI is InChI=1S/C15H30N2O3S/c1-10-12(16)8-7-11(15(10,4)5)13(18)17-9-14(2,3)21(6,19)20/h10-12H,7-9,16H2,1-6H3,(H,17,18). The molecule has 6 heteroatoms. The minimum Gasteiger partial charge on any atom is -0.354 e. The summed E-state index contributed by atoms with van der Waals surface area (Å²) in [6.45, 7) is 9.63. The Kier molecular flexibility index (Phi) is 5.16. The van der Waals surface area contributed by atoms with Gasteiger partial charge in [0.15, 0.2) is 9.84 Å². The second kappa shape index (κ2) is 5.88. The van der Waals surface area contributed by atoms with E-state index in [2.05, 4.69) is 26.1 Å². The molecule has 3 unspecified atom stereocenters. The Morgan fingerprint density at radius 2 is 1.86 bits per heavy atom. The van der Waals surface area contributed by atoms with Crippen molar-refractivity contribution in [3.05, 3.63) is 0 Å². The van der Waals surface area contributed by atoms with Gasteiger partial charge >= 0.3 is 0 Å². The van der Waals surface area contributed by atoms with Gasteiger partial charge in [-0.3, -0.25) is 4.79 Å². The fraction of sp³-hybridized carbons (Fsp3) is 0.933. The second-order valence-electron chi connectivity index (χ2n) is 7.65. The molecule has 0 aromatic carbocycles. The molecule has 1 aliphatic carbocycles.